The van der Waals surface area contributed by atoms with Crippen LogP contribution in [0.3, 0.4) is 0 Å². The monoisotopic (exact) mass is 387 g/mol. The molecule has 0 radical (unpaired) electrons. The molecule has 0 aliphatic carbocycles. The van der Waals surface area contributed by atoms with Crippen molar-refractivity contribution in [3.8, 4) is 11.1 Å². The Bertz CT molecular complexity index is 1020. The van der Waals surface area contributed by atoms with Gasteiger partial charge in [-0.3, -0.25) is 9.78 Å². The van der Waals surface area contributed by atoms with E-state index in [-0.39, 0.29) is 5.91 Å². The minimum atomic E-state index is -1.20. The van der Waals surface area contributed by atoms with Gasteiger partial charge in [0.2, 0.25) is 5.91 Å². The lowest BCUT2D eigenvalue weighted by Gasteiger charge is -2.24. The van der Waals surface area contributed by atoms with Crippen molar-refractivity contribution in [2.24, 2.45) is 0 Å². The molecule has 1 aromatic heterocycles. The Hall–Kier alpha value is -3.67. The number of benzene rings is 2. The van der Waals surface area contributed by atoms with Gasteiger partial charge in [-0.2, -0.15) is 0 Å². The van der Waals surface area contributed by atoms with Gasteiger partial charge in [0.05, 0.1) is 0 Å². The number of amides is 2. The third-order valence-electron chi connectivity index (χ3n) is 5.14. The average molecular weight is 387 g/mol. The van der Waals surface area contributed by atoms with E-state index >= 15 is 0 Å². The van der Waals surface area contributed by atoms with Crippen molar-refractivity contribution in [2.75, 3.05) is 11.4 Å². The highest BCUT2D eigenvalue weighted by Gasteiger charge is 2.31. The summed E-state index contributed by atoms with van der Waals surface area (Å²) in [4.78, 5) is 30.3. The van der Waals surface area contributed by atoms with E-state index in [1.165, 1.54) is 0 Å². The summed E-state index contributed by atoms with van der Waals surface area (Å²) in [6.45, 7) is 0.542. The van der Waals surface area contributed by atoms with Crippen molar-refractivity contribution in [1.29, 1.82) is 0 Å². The zero-order chi connectivity index (χ0) is 20.2. The van der Waals surface area contributed by atoms with Gasteiger partial charge in [-0.1, -0.05) is 42.5 Å². The fourth-order valence-corrected chi connectivity index (χ4v) is 3.72. The first-order valence-corrected chi connectivity index (χ1v) is 9.50. The lowest BCUT2D eigenvalue weighted by molar-refractivity contribution is -0.120. The van der Waals surface area contributed by atoms with Gasteiger partial charge in [-0.15, -0.1) is 0 Å². The van der Waals surface area contributed by atoms with Gasteiger partial charge in [0.25, 0.3) is 0 Å². The largest absolute Gasteiger partial charge is 0.465 e. The molecule has 0 spiro atoms. The normalized spacial score (nSPS) is 13.6. The molecule has 0 saturated carbocycles. The lowest BCUT2D eigenvalue weighted by Crippen LogP contribution is -2.49. The highest BCUT2D eigenvalue weighted by molar-refractivity contribution is 6.01. The van der Waals surface area contributed by atoms with E-state index in [2.05, 4.69) is 10.3 Å². The molecule has 2 heterocycles. The van der Waals surface area contributed by atoms with Crippen molar-refractivity contribution in [3.05, 3.63) is 84.2 Å². The summed E-state index contributed by atoms with van der Waals surface area (Å²) in [5.41, 5.74) is 4.85. The Morgan fingerprint density at radius 2 is 1.79 bits per heavy atom. The summed E-state index contributed by atoms with van der Waals surface area (Å²) in [6, 6.07) is 18.5. The van der Waals surface area contributed by atoms with Crippen molar-refractivity contribution in [1.82, 2.24) is 10.3 Å². The zero-order valence-electron chi connectivity index (χ0n) is 15.8. The predicted octanol–water partition coefficient (Wildman–Crippen LogP) is 3.52. The van der Waals surface area contributed by atoms with Crippen LogP contribution >= 0.6 is 0 Å². The second-order valence-electron chi connectivity index (χ2n) is 7.01. The van der Waals surface area contributed by atoms with E-state index < -0.39 is 12.1 Å². The Kier molecular flexibility index (Phi) is 5.24. The van der Waals surface area contributed by atoms with Gasteiger partial charge < -0.3 is 15.3 Å². The number of pyridine rings is 1. The number of carboxylic acid groups (broad SMARTS) is 1. The van der Waals surface area contributed by atoms with E-state index in [0.717, 1.165) is 34.4 Å². The van der Waals surface area contributed by atoms with E-state index in [1.807, 2.05) is 60.7 Å². The molecule has 0 fully saturated rings. The molecule has 2 N–H and O–H groups in total. The number of aromatic nitrogens is 1. The Morgan fingerprint density at radius 1 is 1.03 bits per heavy atom. The standard InChI is InChI=1S/C23H21N3O3/c27-22(20(25-23(28)29)14-16-4-2-1-3-5-16)26-13-10-18-6-7-19(15-21(18)26)17-8-11-24-12-9-17/h1-9,11-12,15,20,25H,10,13-14H2,(H,28,29). The third kappa shape index (κ3) is 4.11. The van der Waals surface area contributed by atoms with Crippen LogP contribution < -0.4 is 10.2 Å². The van der Waals surface area contributed by atoms with E-state index in [0.29, 0.717) is 13.0 Å². The van der Waals surface area contributed by atoms with E-state index in [1.54, 1.807) is 17.3 Å². The Morgan fingerprint density at radius 3 is 2.52 bits per heavy atom. The molecule has 6 heteroatoms. The molecule has 0 bridgehead atoms. The van der Waals surface area contributed by atoms with Crippen molar-refractivity contribution < 1.29 is 14.7 Å². The molecule has 1 aliphatic heterocycles. The minimum absolute atomic E-state index is 0.234. The van der Waals surface area contributed by atoms with Gasteiger partial charge in [0.1, 0.15) is 6.04 Å². The molecule has 1 atom stereocenters. The van der Waals surface area contributed by atoms with E-state index in [9.17, 15) is 14.7 Å². The van der Waals surface area contributed by atoms with Crippen LogP contribution in [0.4, 0.5) is 10.5 Å². The molecule has 4 rings (SSSR count). The number of nitrogens with zero attached hydrogens (tertiary/aromatic N) is 2. The van der Waals surface area contributed by atoms with Crippen LogP contribution in [0.25, 0.3) is 11.1 Å². The van der Waals surface area contributed by atoms with Gasteiger partial charge in [-0.25, -0.2) is 4.79 Å². The first-order valence-electron chi connectivity index (χ1n) is 9.50. The number of hydrogen-bond donors (Lipinski definition) is 2. The number of carbonyl (C=O) groups is 2. The molecule has 146 valence electrons. The van der Waals surface area contributed by atoms with E-state index in [4.69, 9.17) is 0 Å². The number of anilines is 1. The van der Waals surface area contributed by atoms with Crippen LogP contribution in [-0.4, -0.2) is 34.7 Å². The Labute approximate surface area is 168 Å². The summed E-state index contributed by atoms with van der Waals surface area (Å²) >= 11 is 0. The number of hydrogen-bond acceptors (Lipinski definition) is 3. The molecule has 2 amide bonds. The van der Waals surface area contributed by atoms with Gasteiger partial charge >= 0.3 is 6.09 Å². The van der Waals surface area contributed by atoms with Crippen LogP contribution in [0.2, 0.25) is 0 Å². The summed E-state index contributed by atoms with van der Waals surface area (Å²) in [6.07, 6.45) is 3.32. The van der Waals surface area contributed by atoms with Crippen LogP contribution in [0.5, 0.6) is 0 Å². The Balaban J connectivity index is 1.62. The molecule has 2 aromatic carbocycles. The topological polar surface area (TPSA) is 82.5 Å². The maximum Gasteiger partial charge on any atom is 0.405 e. The second kappa shape index (κ2) is 8.14. The average Bonchev–Trinajstić information content (AvgIpc) is 3.17. The van der Waals surface area contributed by atoms with Crippen LogP contribution in [0.1, 0.15) is 11.1 Å². The maximum atomic E-state index is 13.3. The lowest BCUT2D eigenvalue weighted by atomic mass is 10.0. The number of nitrogens with one attached hydrogen (secondary N) is 1. The van der Waals surface area contributed by atoms with Crippen LogP contribution in [-0.2, 0) is 17.6 Å². The fraction of sp³-hybridized carbons (Fsp3) is 0.174. The zero-order valence-corrected chi connectivity index (χ0v) is 15.8. The number of rotatable bonds is 5. The number of fused-ring (bicyclic) bond motifs is 1. The summed E-state index contributed by atoms with van der Waals surface area (Å²) in [5.74, 6) is -0.234. The van der Waals surface area contributed by atoms with Gasteiger partial charge in [0.15, 0.2) is 0 Å². The molecule has 1 aliphatic rings. The first-order chi connectivity index (χ1) is 14.1. The fourth-order valence-electron chi connectivity index (χ4n) is 3.72. The van der Waals surface area contributed by atoms with Crippen molar-refractivity contribution in [3.63, 3.8) is 0 Å². The molecular weight excluding hydrogens is 366 g/mol. The third-order valence-corrected chi connectivity index (χ3v) is 5.14. The van der Waals surface area contributed by atoms with Crippen LogP contribution in [0.15, 0.2) is 73.1 Å². The smallest absolute Gasteiger partial charge is 0.405 e. The minimum Gasteiger partial charge on any atom is -0.465 e. The van der Waals surface area contributed by atoms with Crippen molar-refractivity contribution in [2.45, 2.75) is 18.9 Å². The SMILES string of the molecule is O=C(O)NC(Cc1ccccc1)C(=O)N1CCc2ccc(-c3ccncc3)cc21. The highest BCUT2D eigenvalue weighted by atomic mass is 16.4. The molecule has 3 aromatic rings. The predicted molar refractivity (Wildman–Crippen MR) is 111 cm³/mol. The molecule has 6 nitrogen and oxygen atoms in total. The summed E-state index contributed by atoms with van der Waals surface area (Å²) < 4.78 is 0. The number of carbonyl (C=O) groups excluding carboxylic acids is 1. The summed E-state index contributed by atoms with van der Waals surface area (Å²) in [5, 5.41) is 11.7. The molecular formula is C23H21N3O3. The maximum absolute atomic E-state index is 13.3. The summed E-state index contributed by atoms with van der Waals surface area (Å²) in [7, 11) is 0. The quantitative estimate of drug-likeness (QED) is 0.702. The van der Waals surface area contributed by atoms with Gasteiger partial charge in [0, 0.05) is 31.0 Å². The molecule has 0 saturated heterocycles. The van der Waals surface area contributed by atoms with Crippen molar-refractivity contribution >= 4 is 17.7 Å². The molecule has 1 unspecified atom stereocenters. The highest BCUT2D eigenvalue weighted by Crippen LogP contribution is 2.33. The van der Waals surface area contributed by atoms with Crippen LogP contribution in [0, 0.1) is 0 Å². The molecule has 29 heavy (non-hydrogen) atoms. The second-order valence-corrected chi connectivity index (χ2v) is 7.01. The van der Waals surface area contributed by atoms with Gasteiger partial charge in [-0.05, 0) is 46.9 Å². The first kappa shape index (κ1) is 18.7.